The number of carbonyl (C=O) groups excluding carboxylic acids is 1. The lowest BCUT2D eigenvalue weighted by atomic mass is 9.79. The molecule has 1 aromatic rings. The SMILES string of the molecule is CN(C)C=NS(=O)(=O)c1cc(NC(=O)COB(O)O)ccc1B1OC(C)(C)C(C)(C)O1. The molecule has 1 heterocycles. The highest BCUT2D eigenvalue weighted by molar-refractivity contribution is 7.90. The van der Waals surface area contributed by atoms with Crippen LogP contribution in [0.15, 0.2) is 27.5 Å². The standard InChI is InChI=1S/C17H27B2N3O8S/c1-16(2)17(3,4)30-18(29-16)13-8-7-12(21-15(23)10-28-19(24)25)9-14(13)31(26,27)20-11-22(5)6/h7-9,11,24-25H,10H2,1-6H3,(H,21,23). The van der Waals surface area contributed by atoms with E-state index in [0.717, 1.165) is 6.34 Å². The molecule has 0 saturated carbocycles. The molecule has 11 nitrogen and oxygen atoms in total. The molecule has 0 atom stereocenters. The molecule has 14 heteroatoms. The van der Waals surface area contributed by atoms with Gasteiger partial charge in [0.1, 0.15) is 12.9 Å². The number of benzene rings is 1. The van der Waals surface area contributed by atoms with Crippen LogP contribution in [-0.2, 0) is 28.8 Å². The van der Waals surface area contributed by atoms with Crippen LogP contribution in [0.3, 0.4) is 0 Å². The zero-order valence-electron chi connectivity index (χ0n) is 18.3. The average Bonchev–Trinajstić information content (AvgIpc) is 2.85. The Balaban J connectivity index is 2.45. The molecule has 1 fully saturated rings. The Morgan fingerprint density at radius 3 is 2.35 bits per heavy atom. The molecule has 170 valence electrons. The highest BCUT2D eigenvalue weighted by Gasteiger charge is 2.52. The quantitative estimate of drug-likeness (QED) is 0.260. The highest BCUT2D eigenvalue weighted by atomic mass is 32.2. The van der Waals surface area contributed by atoms with Crippen molar-refractivity contribution in [3.63, 3.8) is 0 Å². The maximum atomic E-state index is 13.0. The van der Waals surface area contributed by atoms with Crippen molar-refractivity contribution < 1.29 is 37.2 Å². The fraction of sp³-hybridized carbons (Fsp3) is 0.529. The van der Waals surface area contributed by atoms with Crippen molar-refractivity contribution in [2.45, 2.75) is 43.8 Å². The lowest BCUT2D eigenvalue weighted by Crippen LogP contribution is -2.41. The molecule has 1 amide bonds. The third kappa shape index (κ3) is 6.28. The van der Waals surface area contributed by atoms with E-state index in [0.29, 0.717) is 0 Å². The first-order chi connectivity index (χ1) is 14.1. The largest absolute Gasteiger partial charge is 0.634 e. The van der Waals surface area contributed by atoms with E-state index in [1.165, 1.54) is 23.1 Å². The van der Waals surface area contributed by atoms with Crippen LogP contribution in [0.2, 0.25) is 0 Å². The van der Waals surface area contributed by atoms with Gasteiger partial charge in [0.05, 0.1) is 16.1 Å². The third-order valence-electron chi connectivity index (χ3n) is 4.86. The smallest absolute Gasteiger partial charge is 0.402 e. The Morgan fingerprint density at radius 1 is 1.26 bits per heavy atom. The van der Waals surface area contributed by atoms with Gasteiger partial charge in [-0.2, -0.15) is 8.42 Å². The number of hydrogen-bond acceptors (Lipinski definition) is 8. The minimum atomic E-state index is -4.18. The van der Waals surface area contributed by atoms with Gasteiger partial charge in [0.15, 0.2) is 0 Å². The third-order valence-corrected chi connectivity index (χ3v) is 6.14. The number of anilines is 1. The zero-order chi connectivity index (χ0) is 23.6. The van der Waals surface area contributed by atoms with Gasteiger partial charge in [0.25, 0.3) is 10.0 Å². The zero-order valence-corrected chi connectivity index (χ0v) is 19.1. The monoisotopic (exact) mass is 455 g/mol. The molecule has 1 aliphatic heterocycles. The van der Waals surface area contributed by atoms with Crippen LogP contribution >= 0.6 is 0 Å². The first kappa shape index (κ1) is 25.3. The van der Waals surface area contributed by atoms with Crippen molar-refractivity contribution in [2.75, 3.05) is 26.0 Å². The second-order valence-corrected chi connectivity index (χ2v) is 9.79. The highest BCUT2D eigenvalue weighted by Crippen LogP contribution is 2.37. The summed E-state index contributed by atoms with van der Waals surface area (Å²) in [6, 6.07) is 4.18. The van der Waals surface area contributed by atoms with Gasteiger partial charge in [0.2, 0.25) is 5.91 Å². The van der Waals surface area contributed by atoms with E-state index in [1.807, 2.05) is 27.7 Å². The fourth-order valence-electron chi connectivity index (χ4n) is 2.56. The number of amides is 1. The fourth-order valence-corrected chi connectivity index (χ4v) is 3.72. The maximum Gasteiger partial charge on any atom is 0.634 e. The molecular weight excluding hydrogens is 428 g/mol. The average molecular weight is 455 g/mol. The first-order valence-corrected chi connectivity index (χ1v) is 10.8. The molecule has 1 saturated heterocycles. The summed E-state index contributed by atoms with van der Waals surface area (Å²) in [5, 5.41) is 19.8. The van der Waals surface area contributed by atoms with Gasteiger partial charge in [-0.1, -0.05) is 6.07 Å². The van der Waals surface area contributed by atoms with E-state index in [4.69, 9.17) is 19.4 Å². The van der Waals surface area contributed by atoms with E-state index in [-0.39, 0.29) is 16.0 Å². The molecule has 3 N–H and O–H groups in total. The second-order valence-electron chi connectivity index (χ2n) is 8.19. The molecule has 0 aromatic heterocycles. The van der Waals surface area contributed by atoms with Crippen LogP contribution in [0.1, 0.15) is 27.7 Å². The summed E-state index contributed by atoms with van der Waals surface area (Å²) >= 11 is 0. The number of nitrogens with zero attached hydrogens (tertiary/aromatic N) is 2. The van der Waals surface area contributed by atoms with Crippen molar-refractivity contribution in [3.05, 3.63) is 18.2 Å². The van der Waals surface area contributed by atoms with Crippen molar-refractivity contribution in [2.24, 2.45) is 4.40 Å². The minimum Gasteiger partial charge on any atom is -0.402 e. The van der Waals surface area contributed by atoms with Crippen LogP contribution in [-0.4, -0.2) is 82.0 Å². The Labute approximate surface area is 182 Å². The molecule has 31 heavy (non-hydrogen) atoms. The van der Waals surface area contributed by atoms with Crippen molar-refractivity contribution in [1.82, 2.24) is 4.90 Å². The summed E-state index contributed by atoms with van der Waals surface area (Å²) in [6.45, 7) is 6.73. The number of sulfonamides is 1. The van der Waals surface area contributed by atoms with Gasteiger partial charge >= 0.3 is 14.4 Å². The second kappa shape index (κ2) is 9.27. The normalized spacial score (nSPS) is 17.7. The van der Waals surface area contributed by atoms with Gasteiger partial charge in [-0.3, -0.25) is 4.79 Å². The maximum absolute atomic E-state index is 13.0. The van der Waals surface area contributed by atoms with Crippen LogP contribution in [0.5, 0.6) is 0 Å². The van der Waals surface area contributed by atoms with Gasteiger partial charge in [-0.15, -0.1) is 4.40 Å². The van der Waals surface area contributed by atoms with Gasteiger partial charge < -0.3 is 34.2 Å². The minimum absolute atomic E-state index is 0.139. The number of carbonyl (C=O) groups is 1. The Bertz CT molecular complexity index is 935. The van der Waals surface area contributed by atoms with E-state index >= 15 is 0 Å². The van der Waals surface area contributed by atoms with Crippen molar-refractivity contribution in [3.8, 4) is 0 Å². The van der Waals surface area contributed by atoms with Gasteiger partial charge in [-0.05, 0) is 39.8 Å². The van der Waals surface area contributed by atoms with Gasteiger partial charge in [-0.25, -0.2) is 0 Å². The van der Waals surface area contributed by atoms with Crippen LogP contribution in [0, 0.1) is 0 Å². The Kier molecular flexibility index (Phi) is 7.56. The van der Waals surface area contributed by atoms with E-state index < -0.39 is 48.2 Å². The van der Waals surface area contributed by atoms with Crippen molar-refractivity contribution in [1.29, 1.82) is 0 Å². The lowest BCUT2D eigenvalue weighted by molar-refractivity contribution is -0.118. The van der Waals surface area contributed by atoms with E-state index in [9.17, 15) is 13.2 Å². The molecule has 1 aliphatic rings. The molecule has 0 radical (unpaired) electrons. The lowest BCUT2D eigenvalue weighted by Gasteiger charge is -2.32. The molecule has 0 bridgehead atoms. The van der Waals surface area contributed by atoms with E-state index in [1.54, 1.807) is 14.1 Å². The Morgan fingerprint density at radius 2 is 1.84 bits per heavy atom. The summed E-state index contributed by atoms with van der Waals surface area (Å²) in [6.07, 6.45) is 1.14. The molecule has 0 spiro atoms. The number of hydrogen-bond donors (Lipinski definition) is 3. The molecule has 0 aliphatic carbocycles. The summed E-state index contributed by atoms with van der Waals surface area (Å²) < 4.78 is 45.9. The van der Waals surface area contributed by atoms with Crippen molar-refractivity contribution >= 4 is 47.9 Å². The predicted octanol–water partition coefficient (Wildman–Crippen LogP) is -0.811. The van der Waals surface area contributed by atoms with Gasteiger partial charge in [0, 0.05) is 25.2 Å². The first-order valence-electron chi connectivity index (χ1n) is 9.39. The molecular formula is C17H27B2N3O8S. The van der Waals surface area contributed by atoms with Crippen LogP contribution in [0.4, 0.5) is 5.69 Å². The molecule has 0 unspecified atom stereocenters. The number of rotatable bonds is 8. The van der Waals surface area contributed by atoms with Crippen LogP contribution < -0.4 is 10.8 Å². The summed E-state index contributed by atoms with van der Waals surface area (Å²) in [5.41, 5.74) is -1.02. The summed E-state index contributed by atoms with van der Waals surface area (Å²) in [4.78, 5) is 13.2. The summed E-state index contributed by atoms with van der Waals surface area (Å²) in [7, 11) is -4.00. The predicted molar refractivity (Wildman–Crippen MR) is 116 cm³/mol. The van der Waals surface area contributed by atoms with E-state index in [2.05, 4.69) is 14.4 Å². The Hall–Kier alpha value is -1.96. The topological polar surface area (TPSA) is 147 Å². The van der Waals surface area contributed by atoms with Crippen LogP contribution in [0.25, 0.3) is 0 Å². The summed E-state index contributed by atoms with van der Waals surface area (Å²) in [5.74, 6) is -0.711. The number of nitrogens with one attached hydrogen (secondary N) is 1. The molecule has 1 aromatic carbocycles. The molecule has 2 rings (SSSR count).